The molecule has 4 nitrogen and oxygen atoms in total. The zero-order chi connectivity index (χ0) is 14.4. The van der Waals surface area contributed by atoms with Crippen LogP contribution < -0.4 is 10.6 Å². The largest absolute Gasteiger partial charge is 0.384 e. The number of halogens is 2. The molecular formula is C15H22BrClN2O2. The van der Waals surface area contributed by atoms with E-state index >= 15 is 0 Å². The number of nitrogens with one attached hydrogen (secondary N) is 2. The average Bonchev–Trinajstić information content (AvgIpc) is 2.47. The number of hydrogen-bond donors (Lipinski definition) is 2. The van der Waals surface area contributed by atoms with E-state index < -0.39 is 0 Å². The molecule has 0 saturated carbocycles. The van der Waals surface area contributed by atoms with Gasteiger partial charge in [0.25, 0.3) is 5.91 Å². The predicted molar refractivity (Wildman–Crippen MR) is 90.1 cm³/mol. The van der Waals surface area contributed by atoms with Gasteiger partial charge in [0.05, 0.1) is 12.2 Å². The van der Waals surface area contributed by atoms with Crippen LogP contribution in [0.25, 0.3) is 0 Å². The first-order valence-corrected chi connectivity index (χ1v) is 7.69. The molecule has 1 saturated heterocycles. The molecule has 6 heteroatoms. The molecule has 1 fully saturated rings. The Morgan fingerprint density at radius 2 is 2.05 bits per heavy atom. The number of hydrogen-bond acceptors (Lipinski definition) is 3. The fourth-order valence-electron chi connectivity index (χ4n) is 2.64. The summed E-state index contributed by atoms with van der Waals surface area (Å²) in [6.45, 7) is 3.30. The van der Waals surface area contributed by atoms with Gasteiger partial charge in [0.1, 0.15) is 0 Å². The van der Waals surface area contributed by atoms with E-state index in [2.05, 4.69) is 26.6 Å². The lowest BCUT2D eigenvalue weighted by molar-refractivity contribution is 0.0511. The van der Waals surface area contributed by atoms with Gasteiger partial charge in [-0.15, -0.1) is 12.4 Å². The average molecular weight is 378 g/mol. The molecule has 21 heavy (non-hydrogen) atoms. The Bertz CT molecular complexity index is 459. The van der Waals surface area contributed by atoms with Crippen LogP contribution in [-0.4, -0.2) is 39.3 Å². The van der Waals surface area contributed by atoms with Crippen LogP contribution in [0.15, 0.2) is 28.7 Å². The molecule has 1 aliphatic rings. The van der Waals surface area contributed by atoms with Crippen molar-refractivity contribution in [2.24, 2.45) is 5.41 Å². The van der Waals surface area contributed by atoms with Crippen molar-refractivity contribution in [2.45, 2.75) is 12.8 Å². The van der Waals surface area contributed by atoms with Gasteiger partial charge in [-0.3, -0.25) is 4.79 Å². The summed E-state index contributed by atoms with van der Waals surface area (Å²) in [6, 6.07) is 7.48. The third-order valence-corrected chi connectivity index (χ3v) is 4.55. The molecule has 1 aromatic rings. The Morgan fingerprint density at radius 1 is 1.38 bits per heavy atom. The van der Waals surface area contributed by atoms with Crippen LogP contribution in [0, 0.1) is 5.41 Å². The molecular weight excluding hydrogens is 356 g/mol. The van der Waals surface area contributed by atoms with Crippen LogP contribution in [-0.2, 0) is 4.74 Å². The maximum absolute atomic E-state index is 12.3. The minimum absolute atomic E-state index is 0. The predicted octanol–water partition coefficient (Wildman–Crippen LogP) is 2.62. The molecule has 2 N–H and O–H groups in total. The first kappa shape index (κ1) is 18.4. The van der Waals surface area contributed by atoms with Crippen molar-refractivity contribution in [3.63, 3.8) is 0 Å². The molecule has 1 aromatic carbocycles. The van der Waals surface area contributed by atoms with Gasteiger partial charge in [0, 0.05) is 23.5 Å². The minimum Gasteiger partial charge on any atom is -0.384 e. The second-order valence-electron chi connectivity index (χ2n) is 5.35. The van der Waals surface area contributed by atoms with Gasteiger partial charge < -0.3 is 15.4 Å². The Morgan fingerprint density at radius 3 is 2.67 bits per heavy atom. The summed E-state index contributed by atoms with van der Waals surface area (Å²) in [4.78, 5) is 12.3. The highest BCUT2D eigenvalue weighted by Crippen LogP contribution is 2.28. The van der Waals surface area contributed by atoms with E-state index in [4.69, 9.17) is 4.74 Å². The summed E-state index contributed by atoms with van der Waals surface area (Å²) in [6.07, 6.45) is 2.05. The first-order chi connectivity index (χ1) is 9.67. The van der Waals surface area contributed by atoms with Gasteiger partial charge in [0.15, 0.2) is 0 Å². The second-order valence-corrected chi connectivity index (χ2v) is 6.20. The minimum atomic E-state index is -0.0357. The summed E-state index contributed by atoms with van der Waals surface area (Å²) in [5.41, 5.74) is 0.727. The molecule has 1 heterocycles. The second kappa shape index (κ2) is 8.73. The Labute approximate surface area is 140 Å². The van der Waals surface area contributed by atoms with Crippen LogP contribution in [0.3, 0.4) is 0 Å². The topological polar surface area (TPSA) is 50.4 Å². The number of carbonyl (C=O) groups is 1. The van der Waals surface area contributed by atoms with Crippen LogP contribution in [0.2, 0.25) is 0 Å². The van der Waals surface area contributed by atoms with Crippen molar-refractivity contribution in [3.05, 3.63) is 34.3 Å². The smallest absolute Gasteiger partial charge is 0.252 e. The molecule has 0 atom stereocenters. The zero-order valence-electron chi connectivity index (χ0n) is 12.2. The fraction of sp³-hybridized carbons (Fsp3) is 0.533. The fourth-order valence-corrected chi connectivity index (χ4v) is 3.11. The quantitative estimate of drug-likeness (QED) is 0.829. The third-order valence-electron chi connectivity index (χ3n) is 3.86. The van der Waals surface area contributed by atoms with Crippen molar-refractivity contribution in [1.82, 2.24) is 10.6 Å². The molecule has 1 amide bonds. The van der Waals surface area contributed by atoms with E-state index in [1.54, 1.807) is 7.11 Å². The molecule has 0 aliphatic carbocycles. The summed E-state index contributed by atoms with van der Waals surface area (Å²) in [7, 11) is 1.72. The van der Waals surface area contributed by atoms with Crippen molar-refractivity contribution < 1.29 is 9.53 Å². The Kier molecular flexibility index (Phi) is 7.66. The molecule has 0 spiro atoms. The van der Waals surface area contributed by atoms with Gasteiger partial charge >= 0.3 is 0 Å². The molecule has 118 valence electrons. The van der Waals surface area contributed by atoms with Crippen LogP contribution in [0.5, 0.6) is 0 Å². The van der Waals surface area contributed by atoms with Gasteiger partial charge in [-0.25, -0.2) is 0 Å². The van der Waals surface area contributed by atoms with E-state index in [-0.39, 0.29) is 23.7 Å². The highest BCUT2D eigenvalue weighted by molar-refractivity contribution is 9.10. The lowest BCUT2D eigenvalue weighted by Crippen LogP contribution is -2.47. The van der Waals surface area contributed by atoms with Crippen LogP contribution >= 0.6 is 28.3 Å². The van der Waals surface area contributed by atoms with Gasteiger partial charge in [0.2, 0.25) is 0 Å². The normalized spacial score (nSPS) is 16.9. The van der Waals surface area contributed by atoms with Crippen LogP contribution in [0.1, 0.15) is 23.2 Å². The van der Waals surface area contributed by atoms with E-state index in [0.29, 0.717) is 18.7 Å². The molecule has 1 aliphatic heterocycles. The van der Waals surface area contributed by atoms with Gasteiger partial charge in [-0.1, -0.05) is 12.1 Å². The van der Waals surface area contributed by atoms with E-state index in [1.165, 1.54) is 0 Å². The molecule has 0 unspecified atom stereocenters. The number of piperidine rings is 1. The number of benzene rings is 1. The summed E-state index contributed by atoms with van der Waals surface area (Å²) in [5, 5.41) is 6.41. The highest BCUT2D eigenvalue weighted by Gasteiger charge is 2.32. The van der Waals surface area contributed by atoms with E-state index in [9.17, 15) is 4.79 Å². The van der Waals surface area contributed by atoms with Gasteiger partial charge in [-0.2, -0.15) is 0 Å². The maximum atomic E-state index is 12.3. The standard InChI is InChI=1S/C15H21BrN2O2.ClH/c1-20-11-15(6-8-17-9-7-15)10-18-14(19)12-4-2-3-5-13(12)16;/h2-5,17H,6-11H2,1H3,(H,18,19);1H. The Balaban J connectivity index is 0.00000220. The Hall–Kier alpha value is -0.620. The number of rotatable bonds is 5. The number of methoxy groups -OCH3 is 1. The zero-order valence-corrected chi connectivity index (χ0v) is 14.6. The van der Waals surface area contributed by atoms with E-state index in [1.807, 2.05) is 24.3 Å². The highest BCUT2D eigenvalue weighted by atomic mass is 79.9. The summed E-state index contributed by atoms with van der Waals surface area (Å²) >= 11 is 3.41. The number of ether oxygens (including phenoxy) is 1. The lowest BCUT2D eigenvalue weighted by atomic mass is 9.79. The third kappa shape index (κ3) is 4.95. The monoisotopic (exact) mass is 376 g/mol. The SMILES string of the molecule is COCC1(CNC(=O)c2ccccc2Br)CCNCC1.Cl. The molecule has 2 rings (SSSR count). The summed E-state index contributed by atoms with van der Waals surface area (Å²) in [5.74, 6) is -0.0357. The van der Waals surface area contributed by atoms with Crippen molar-refractivity contribution >= 4 is 34.2 Å². The lowest BCUT2D eigenvalue weighted by Gasteiger charge is -2.37. The molecule has 0 radical (unpaired) electrons. The van der Waals surface area contributed by atoms with E-state index in [0.717, 1.165) is 30.4 Å². The maximum Gasteiger partial charge on any atom is 0.252 e. The van der Waals surface area contributed by atoms with Crippen LogP contribution in [0.4, 0.5) is 0 Å². The van der Waals surface area contributed by atoms with Gasteiger partial charge in [-0.05, 0) is 54.0 Å². The molecule has 0 aromatic heterocycles. The first-order valence-electron chi connectivity index (χ1n) is 6.89. The molecule has 0 bridgehead atoms. The van der Waals surface area contributed by atoms with Crippen molar-refractivity contribution in [1.29, 1.82) is 0 Å². The number of carbonyl (C=O) groups excluding carboxylic acids is 1. The van der Waals surface area contributed by atoms with Crippen molar-refractivity contribution in [3.8, 4) is 0 Å². The van der Waals surface area contributed by atoms with Crippen molar-refractivity contribution in [2.75, 3.05) is 33.4 Å². The number of amides is 1. The summed E-state index contributed by atoms with van der Waals surface area (Å²) < 4.78 is 6.18.